The van der Waals surface area contributed by atoms with Gasteiger partial charge in [0.05, 0.1) is 18.3 Å². The monoisotopic (exact) mass is 411 g/mol. The number of hydrogen-bond donors (Lipinski definition) is 1. The minimum absolute atomic E-state index is 0.126. The van der Waals surface area contributed by atoms with E-state index < -0.39 is 0 Å². The van der Waals surface area contributed by atoms with Gasteiger partial charge in [-0.1, -0.05) is 11.3 Å². The zero-order valence-electron chi connectivity index (χ0n) is 15.9. The molecule has 0 spiro atoms. The summed E-state index contributed by atoms with van der Waals surface area (Å²) >= 11 is 1.44. The van der Waals surface area contributed by atoms with Gasteiger partial charge in [0.1, 0.15) is 23.9 Å². The predicted molar refractivity (Wildman–Crippen MR) is 110 cm³/mol. The molecule has 1 aliphatic rings. The number of piperazine rings is 1. The number of hydrogen-bond acceptors (Lipinski definition) is 8. The van der Waals surface area contributed by atoms with Crippen LogP contribution in [0.5, 0.6) is 11.6 Å². The van der Waals surface area contributed by atoms with E-state index in [1.807, 2.05) is 24.3 Å². The molecule has 1 aromatic carbocycles. The Labute approximate surface area is 171 Å². The van der Waals surface area contributed by atoms with Crippen LogP contribution in [-0.4, -0.2) is 57.9 Å². The number of aromatic hydroxyl groups is 1. The molecule has 1 N–H and O–H groups in total. The van der Waals surface area contributed by atoms with Gasteiger partial charge in [-0.25, -0.2) is 4.98 Å². The number of anilines is 1. The standard InChI is InChI=1S/C20H21N5O3S/c1-27-15-6-4-14(5-7-15)23-8-10-24(11-9-23)17(16-3-2-12-28-16)18-19(26)25-20(29-18)21-13-22-25/h2-7,12-13,17,26H,8-11H2,1H3/t17-/m0/s1. The first-order valence-electron chi connectivity index (χ1n) is 9.42. The maximum atomic E-state index is 10.7. The maximum absolute atomic E-state index is 10.7. The highest BCUT2D eigenvalue weighted by atomic mass is 32.1. The Kier molecular flexibility index (Phi) is 4.61. The van der Waals surface area contributed by atoms with Gasteiger partial charge in [0.15, 0.2) is 0 Å². The van der Waals surface area contributed by atoms with Crippen molar-refractivity contribution >= 4 is 22.0 Å². The van der Waals surface area contributed by atoms with Gasteiger partial charge in [0, 0.05) is 31.9 Å². The smallest absolute Gasteiger partial charge is 0.230 e. The number of methoxy groups -OCH3 is 1. The summed E-state index contributed by atoms with van der Waals surface area (Å²) < 4.78 is 12.5. The van der Waals surface area contributed by atoms with Crippen molar-refractivity contribution in [2.45, 2.75) is 6.04 Å². The highest BCUT2D eigenvalue weighted by molar-refractivity contribution is 7.17. The molecule has 4 aromatic rings. The van der Waals surface area contributed by atoms with Crippen LogP contribution in [0.2, 0.25) is 0 Å². The third kappa shape index (κ3) is 3.22. The van der Waals surface area contributed by atoms with E-state index in [2.05, 4.69) is 32.0 Å². The molecular weight excluding hydrogens is 390 g/mol. The Hall–Kier alpha value is -3.04. The Morgan fingerprint density at radius 2 is 1.93 bits per heavy atom. The van der Waals surface area contributed by atoms with Crippen molar-refractivity contribution < 1.29 is 14.3 Å². The van der Waals surface area contributed by atoms with Crippen molar-refractivity contribution in [3.63, 3.8) is 0 Å². The third-order valence-corrected chi connectivity index (χ3v) is 6.40. The molecule has 4 heterocycles. The molecule has 29 heavy (non-hydrogen) atoms. The van der Waals surface area contributed by atoms with Crippen molar-refractivity contribution in [3.8, 4) is 11.6 Å². The van der Waals surface area contributed by atoms with Gasteiger partial charge in [-0.05, 0) is 36.4 Å². The molecule has 8 nitrogen and oxygen atoms in total. The number of ether oxygens (including phenoxy) is 1. The van der Waals surface area contributed by atoms with Crippen LogP contribution in [0.15, 0.2) is 53.4 Å². The summed E-state index contributed by atoms with van der Waals surface area (Å²) in [7, 11) is 1.68. The molecule has 1 fully saturated rings. The first-order chi connectivity index (χ1) is 14.2. The fraction of sp³-hybridized carbons (Fsp3) is 0.300. The van der Waals surface area contributed by atoms with Gasteiger partial charge in [0.2, 0.25) is 10.8 Å². The summed E-state index contributed by atoms with van der Waals surface area (Å²) in [5, 5.41) is 14.8. The van der Waals surface area contributed by atoms with Crippen LogP contribution in [0.25, 0.3) is 4.96 Å². The van der Waals surface area contributed by atoms with E-state index in [0.29, 0.717) is 4.96 Å². The van der Waals surface area contributed by atoms with E-state index in [0.717, 1.165) is 42.6 Å². The van der Waals surface area contributed by atoms with E-state index in [9.17, 15) is 5.11 Å². The van der Waals surface area contributed by atoms with Gasteiger partial charge in [-0.2, -0.15) is 9.61 Å². The lowest BCUT2D eigenvalue weighted by molar-refractivity contribution is 0.191. The molecule has 9 heteroatoms. The van der Waals surface area contributed by atoms with Gasteiger partial charge in [-0.3, -0.25) is 4.90 Å². The van der Waals surface area contributed by atoms with Crippen LogP contribution in [0, 0.1) is 0 Å². The molecule has 0 aliphatic carbocycles. The van der Waals surface area contributed by atoms with Crippen molar-refractivity contribution in [1.82, 2.24) is 19.5 Å². The van der Waals surface area contributed by atoms with E-state index in [4.69, 9.17) is 9.15 Å². The number of aromatic nitrogens is 3. The van der Waals surface area contributed by atoms with Gasteiger partial charge in [-0.15, -0.1) is 0 Å². The molecule has 0 amide bonds. The van der Waals surface area contributed by atoms with E-state index in [1.54, 1.807) is 13.4 Å². The van der Waals surface area contributed by atoms with Gasteiger partial charge >= 0.3 is 0 Å². The van der Waals surface area contributed by atoms with Crippen molar-refractivity contribution in [3.05, 3.63) is 59.6 Å². The lowest BCUT2D eigenvalue weighted by Gasteiger charge is -2.39. The zero-order valence-corrected chi connectivity index (χ0v) is 16.7. The second-order valence-corrected chi connectivity index (χ2v) is 7.89. The van der Waals surface area contributed by atoms with Crippen LogP contribution in [0.3, 0.4) is 0 Å². The maximum Gasteiger partial charge on any atom is 0.230 e. The lowest BCUT2D eigenvalue weighted by Crippen LogP contribution is -2.47. The molecule has 1 atom stereocenters. The summed E-state index contributed by atoms with van der Waals surface area (Å²) in [6.07, 6.45) is 3.12. The van der Waals surface area contributed by atoms with Crippen LogP contribution in [0.4, 0.5) is 5.69 Å². The largest absolute Gasteiger partial charge is 0.497 e. The highest BCUT2D eigenvalue weighted by Gasteiger charge is 2.33. The average molecular weight is 411 g/mol. The zero-order chi connectivity index (χ0) is 19.8. The summed E-state index contributed by atoms with van der Waals surface area (Å²) in [4.78, 5) is 10.4. The quantitative estimate of drug-likeness (QED) is 0.541. The van der Waals surface area contributed by atoms with E-state index >= 15 is 0 Å². The number of rotatable bonds is 5. The van der Waals surface area contributed by atoms with E-state index in [-0.39, 0.29) is 11.9 Å². The summed E-state index contributed by atoms with van der Waals surface area (Å²) in [5.41, 5.74) is 1.18. The molecule has 0 unspecified atom stereocenters. The molecule has 0 radical (unpaired) electrons. The summed E-state index contributed by atoms with van der Waals surface area (Å²) in [6.45, 7) is 3.44. The van der Waals surface area contributed by atoms with Crippen LogP contribution in [-0.2, 0) is 0 Å². The number of nitrogens with zero attached hydrogens (tertiary/aromatic N) is 5. The predicted octanol–water partition coefficient (Wildman–Crippen LogP) is 3.01. The van der Waals surface area contributed by atoms with Crippen molar-refractivity contribution in [2.75, 3.05) is 38.2 Å². The fourth-order valence-corrected chi connectivity index (χ4v) is 4.90. The molecular formula is C20H21N5O3S. The number of fused-ring (bicyclic) bond motifs is 1. The minimum atomic E-state index is -0.170. The van der Waals surface area contributed by atoms with Gasteiger partial charge in [0.25, 0.3) is 0 Å². The van der Waals surface area contributed by atoms with E-state index in [1.165, 1.54) is 27.9 Å². The summed E-state index contributed by atoms with van der Waals surface area (Å²) in [5.74, 6) is 1.79. The van der Waals surface area contributed by atoms with Crippen LogP contribution < -0.4 is 9.64 Å². The normalized spacial score (nSPS) is 16.4. The lowest BCUT2D eigenvalue weighted by atomic mass is 10.1. The first-order valence-corrected chi connectivity index (χ1v) is 10.2. The minimum Gasteiger partial charge on any atom is -0.497 e. The Morgan fingerprint density at radius 3 is 2.59 bits per heavy atom. The van der Waals surface area contributed by atoms with Gasteiger partial charge < -0.3 is 19.2 Å². The molecule has 3 aromatic heterocycles. The molecule has 1 aliphatic heterocycles. The molecule has 5 rings (SSSR count). The SMILES string of the molecule is COc1ccc(N2CCN([C@@H](c3ccco3)c3sc4ncnn4c3O)CC2)cc1. The topological polar surface area (TPSA) is 79.3 Å². The number of thiazole rings is 1. The van der Waals surface area contributed by atoms with Crippen LogP contribution in [0.1, 0.15) is 16.7 Å². The molecule has 0 saturated carbocycles. The number of furan rings is 1. The molecule has 0 bridgehead atoms. The highest BCUT2D eigenvalue weighted by Crippen LogP contribution is 2.40. The summed E-state index contributed by atoms with van der Waals surface area (Å²) in [6, 6.07) is 11.8. The average Bonchev–Trinajstić information content (AvgIpc) is 3.50. The van der Waals surface area contributed by atoms with Crippen molar-refractivity contribution in [1.29, 1.82) is 0 Å². The van der Waals surface area contributed by atoms with Crippen LogP contribution >= 0.6 is 11.3 Å². The number of benzene rings is 1. The second-order valence-electron chi connectivity index (χ2n) is 6.88. The Morgan fingerprint density at radius 1 is 1.14 bits per heavy atom. The molecule has 150 valence electrons. The first kappa shape index (κ1) is 18.0. The Bertz CT molecular complexity index is 1080. The van der Waals surface area contributed by atoms with Crippen molar-refractivity contribution in [2.24, 2.45) is 0 Å². The Balaban J connectivity index is 1.39. The second kappa shape index (κ2) is 7.41. The third-order valence-electron chi connectivity index (χ3n) is 5.32. The fourth-order valence-electron chi connectivity index (χ4n) is 3.83. The molecule has 1 saturated heterocycles.